The van der Waals surface area contributed by atoms with Crippen molar-refractivity contribution < 1.29 is 19.7 Å². The van der Waals surface area contributed by atoms with Crippen molar-refractivity contribution in [1.82, 2.24) is 0 Å². The lowest BCUT2D eigenvalue weighted by atomic mass is 10.0. The lowest BCUT2D eigenvalue weighted by Crippen LogP contribution is -1.87. The predicted octanol–water partition coefficient (Wildman–Crippen LogP) is 2.78. The van der Waals surface area contributed by atoms with E-state index in [0.717, 1.165) is 11.1 Å². The van der Waals surface area contributed by atoms with Gasteiger partial charge in [0.2, 0.25) is 0 Å². The Balaban J connectivity index is 2.48. The van der Waals surface area contributed by atoms with Crippen LogP contribution in [0.4, 0.5) is 0 Å². The van der Waals surface area contributed by atoms with Gasteiger partial charge in [0.05, 0.1) is 14.2 Å². The largest absolute Gasteiger partial charge is 0.504 e. The van der Waals surface area contributed by atoms with Crippen LogP contribution in [0.5, 0.6) is 23.0 Å². The fourth-order valence-electron chi connectivity index (χ4n) is 1.71. The Bertz CT molecular complexity index is 512. The SMILES string of the molecule is COc1cc(-c2ccc(O)c(OC)c2)ccc1O. The molecule has 2 rings (SSSR count). The van der Waals surface area contributed by atoms with Crippen molar-refractivity contribution in [3.05, 3.63) is 36.4 Å². The molecule has 2 N–H and O–H groups in total. The highest BCUT2D eigenvalue weighted by atomic mass is 16.5. The quantitative estimate of drug-likeness (QED) is 0.874. The molecule has 0 amide bonds. The molecule has 4 nitrogen and oxygen atoms in total. The number of aromatic hydroxyl groups is 2. The molecular formula is C14H14O4. The second-order valence-electron chi connectivity index (χ2n) is 3.77. The van der Waals surface area contributed by atoms with E-state index < -0.39 is 0 Å². The molecule has 18 heavy (non-hydrogen) atoms. The maximum absolute atomic E-state index is 9.54. The van der Waals surface area contributed by atoms with Crippen molar-refractivity contribution in [1.29, 1.82) is 0 Å². The zero-order valence-electron chi connectivity index (χ0n) is 10.2. The van der Waals surface area contributed by atoms with Crippen molar-refractivity contribution in [2.45, 2.75) is 0 Å². The van der Waals surface area contributed by atoms with Gasteiger partial charge in [-0.1, -0.05) is 12.1 Å². The van der Waals surface area contributed by atoms with E-state index in [1.54, 1.807) is 36.4 Å². The summed E-state index contributed by atoms with van der Waals surface area (Å²) in [6.45, 7) is 0. The van der Waals surface area contributed by atoms with Gasteiger partial charge in [-0.25, -0.2) is 0 Å². The predicted molar refractivity (Wildman–Crippen MR) is 68.3 cm³/mol. The van der Waals surface area contributed by atoms with Crippen LogP contribution in [0.2, 0.25) is 0 Å². The second-order valence-corrected chi connectivity index (χ2v) is 3.77. The monoisotopic (exact) mass is 246 g/mol. The van der Waals surface area contributed by atoms with Crippen LogP contribution in [0, 0.1) is 0 Å². The molecule has 0 atom stereocenters. The zero-order valence-corrected chi connectivity index (χ0v) is 10.2. The highest BCUT2D eigenvalue weighted by Gasteiger charge is 2.07. The molecule has 0 bridgehead atoms. The van der Waals surface area contributed by atoms with Gasteiger partial charge in [0.15, 0.2) is 23.0 Å². The molecule has 94 valence electrons. The third-order valence-corrected chi connectivity index (χ3v) is 2.69. The summed E-state index contributed by atoms with van der Waals surface area (Å²) in [5.74, 6) is 0.984. The minimum atomic E-state index is 0.0898. The van der Waals surface area contributed by atoms with Gasteiger partial charge in [-0.3, -0.25) is 0 Å². The van der Waals surface area contributed by atoms with E-state index >= 15 is 0 Å². The topological polar surface area (TPSA) is 58.9 Å². The van der Waals surface area contributed by atoms with E-state index in [0.29, 0.717) is 11.5 Å². The maximum Gasteiger partial charge on any atom is 0.161 e. The van der Waals surface area contributed by atoms with Gasteiger partial charge in [0.25, 0.3) is 0 Å². The van der Waals surface area contributed by atoms with Gasteiger partial charge in [-0.15, -0.1) is 0 Å². The van der Waals surface area contributed by atoms with Gasteiger partial charge in [0.1, 0.15) is 0 Å². The molecular weight excluding hydrogens is 232 g/mol. The average Bonchev–Trinajstić information content (AvgIpc) is 2.40. The summed E-state index contributed by atoms with van der Waals surface area (Å²) in [4.78, 5) is 0. The van der Waals surface area contributed by atoms with Gasteiger partial charge >= 0.3 is 0 Å². The van der Waals surface area contributed by atoms with Gasteiger partial charge in [0, 0.05) is 0 Å². The van der Waals surface area contributed by atoms with Gasteiger partial charge in [-0.2, -0.15) is 0 Å². The lowest BCUT2D eigenvalue weighted by molar-refractivity contribution is 0.373. The number of phenols is 2. The molecule has 0 saturated heterocycles. The number of hydrogen-bond acceptors (Lipinski definition) is 4. The van der Waals surface area contributed by atoms with E-state index in [1.165, 1.54) is 14.2 Å². The first-order valence-corrected chi connectivity index (χ1v) is 5.40. The molecule has 0 aliphatic carbocycles. The summed E-state index contributed by atoms with van der Waals surface area (Å²) in [6, 6.07) is 10.1. The third kappa shape index (κ3) is 2.18. The van der Waals surface area contributed by atoms with Crippen molar-refractivity contribution in [2.24, 2.45) is 0 Å². The molecule has 0 radical (unpaired) electrons. The third-order valence-electron chi connectivity index (χ3n) is 2.69. The van der Waals surface area contributed by atoms with Crippen molar-refractivity contribution in [2.75, 3.05) is 14.2 Å². The second kappa shape index (κ2) is 4.87. The van der Waals surface area contributed by atoms with Crippen LogP contribution in [0.3, 0.4) is 0 Å². The van der Waals surface area contributed by atoms with Crippen LogP contribution >= 0.6 is 0 Å². The van der Waals surface area contributed by atoms with E-state index in [-0.39, 0.29) is 11.5 Å². The van der Waals surface area contributed by atoms with Crippen LogP contribution < -0.4 is 9.47 Å². The Kier molecular flexibility index (Phi) is 3.28. The van der Waals surface area contributed by atoms with E-state index in [2.05, 4.69) is 0 Å². The zero-order chi connectivity index (χ0) is 13.1. The molecule has 2 aromatic rings. The summed E-state index contributed by atoms with van der Waals surface area (Å²) in [6.07, 6.45) is 0. The minimum absolute atomic E-state index is 0.0898. The van der Waals surface area contributed by atoms with Crippen LogP contribution in [0.15, 0.2) is 36.4 Å². The Labute approximate surface area is 105 Å². The Hall–Kier alpha value is -2.36. The first-order chi connectivity index (χ1) is 8.65. The van der Waals surface area contributed by atoms with Gasteiger partial charge in [-0.05, 0) is 35.4 Å². The normalized spacial score (nSPS) is 10.1. The number of phenolic OH excluding ortho intramolecular Hbond substituents is 2. The highest BCUT2D eigenvalue weighted by molar-refractivity contribution is 5.69. The van der Waals surface area contributed by atoms with Crippen molar-refractivity contribution >= 4 is 0 Å². The van der Waals surface area contributed by atoms with Crippen molar-refractivity contribution in [3.63, 3.8) is 0 Å². The standard InChI is InChI=1S/C14H14O4/c1-17-13-7-9(3-5-11(13)15)10-4-6-12(16)14(8-10)18-2/h3-8,15-16H,1-2H3. The first kappa shape index (κ1) is 12.1. The fraction of sp³-hybridized carbons (Fsp3) is 0.143. The molecule has 0 unspecified atom stereocenters. The van der Waals surface area contributed by atoms with E-state index in [1.807, 2.05) is 0 Å². The Morgan fingerprint density at radius 3 is 1.44 bits per heavy atom. The number of hydrogen-bond donors (Lipinski definition) is 2. The summed E-state index contributed by atoms with van der Waals surface area (Å²) >= 11 is 0. The van der Waals surface area contributed by atoms with E-state index in [4.69, 9.17) is 9.47 Å². The van der Waals surface area contributed by atoms with Crippen LogP contribution in [0.25, 0.3) is 11.1 Å². The van der Waals surface area contributed by atoms with E-state index in [9.17, 15) is 10.2 Å². The Morgan fingerprint density at radius 1 is 0.722 bits per heavy atom. The summed E-state index contributed by atoms with van der Waals surface area (Å²) < 4.78 is 10.1. The number of benzene rings is 2. The maximum atomic E-state index is 9.54. The molecule has 2 aromatic carbocycles. The lowest BCUT2D eigenvalue weighted by Gasteiger charge is -2.09. The molecule has 0 saturated carbocycles. The summed E-state index contributed by atoms with van der Waals surface area (Å²) in [5.41, 5.74) is 1.73. The van der Waals surface area contributed by atoms with Crippen LogP contribution in [0.1, 0.15) is 0 Å². The number of ether oxygens (including phenoxy) is 2. The first-order valence-electron chi connectivity index (χ1n) is 5.40. The smallest absolute Gasteiger partial charge is 0.161 e. The average molecular weight is 246 g/mol. The summed E-state index contributed by atoms with van der Waals surface area (Å²) in [7, 11) is 2.99. The van der Waals surface area contributed by atoms with Crippen molar-refractivity contribution in [3.8, 4) is 34.1 Å². The van der Waals surface area contributed by atoms with Gasteiger partial charge < -0.3 is 19.7 Å². The molecule has 0 aliphatic rings. The molecule has 4 heteroatoms. The molecule has 0 heterocycles. The fourth-order valence-corrected chi connectivity index (χ4v) is 1.71. The number of methoxy groups -OCH3 is 2. The summed E-state index contributed by atoms with van der Waals surface area (Å²) in [5, 5.41) is 19.1. The molecule has 0 spiro atoms. The van der Waals surface area contributed by atoms with Crippen LogP contribution in [-0.4, -0.2) is 24.4 Å². The van der Waals surface area contributed by atoms with Crippen LogP contribution in [-0.2, 0) is 0 Å². The Morgan fingerprint density at radius 2 is 1.11 bits per heavy atom. The molecule has 0 fully saturated rings. The highest BCUT2D eigenvalue weighted by Crippen LogP contribution is 2.35. The minimum Gasteiger partial charge on any atom is -0.504 e. The molecule has 0 aliphatic heterocycles. The number of rotatable bonds is 3. The molecule has 0 aromatic heterocycles.